The fourth-order valence-corrected chi connectivity index (χ4v) is 2.83. The molecule has 1 aliphatic heterocycles. The lowest BCUT2D eigenvalue weighted by atomic mass is 10.1. The lowest BCUT2D eigenvalue weighted by Crippen LogP contribution is -2.33. The molecule has 4 nitrogen and oxygen atoms in total. The standard InChI is InChI=1S/C17H22N2O2/c1-12-9-13(2)19(11-12)17(20)15-6-7-16(21-3)14(10-15)5-4-8-18/h6-7,10,12-13H,8-9,11,18H2,1-3H3. The maximum Gasteiger partial charge on any atom is 0.254 e. The summed E-state index contributed by atoms with van der Waals surface area (Å²) in [7, 11) is 1.59. The Labute approximate surface area is 126 Å². The minimum absolute atomic E-state index is 0.0605. The SMILES string of the molecule is COc1ccc(C(=O)N2CC(C)CC2C)cc1C#CCN. The molecular formula is C17H22N2O2. The largest absolute Gasteiger partial charge is 0.495 e. The molecule has 1 saturated heterocycles. The van der Waals surface area contributed by atoms with Crippen LogP contribution < -0.4 is 10.5 Å². The minimum Gasteiger partial charge on any atom is -0.495 e. The van der Waals surface area contributed by atoms with Gasteiger partial charge in [0.15, 0.2) is 0 Å². The second-order valence-electron chi connectivity index (χ2n) is 5.57. The van der Waals surface area contributed by atoms with Crippen LogP contribution in [0.4, 0.5) is 0 Å². The van der Waals surface area contributed by atoms with E-state index in [9.17, 15) is 4.79 Å². The van der Waals surface area contributed by atoms with Gasteiger partial charge < -0.3 is 15.4 Å². The first-order valence-corrected chi connectivity index (χ1v) is 7.24. The third kappa shape index (κ3) is 3.37. The topological polar surface area (TPSA) is 55.6 Å². The summed E-state index contributed by atoms with van der Waals surface area (Å²) in [4.78, 5) is 14.6. The van der Waals surface area contributed by atoms with E-state index in [0.717, 1.165) is 13.0 Å². The van der Waals surface area contributed by atoms with E-state index < -0.39 is 0 Å². The monoisotopic (exact) mass is 286 g/mol. The van der Waals surface area contributed by atoms with Crippen LogP contribution >= 0.6 is 0 Å². The molecule has 4 heteroatoms. The zero-order chi connectivity index (χ0) is 15.4. The molecule has 1 fully saturated rings. The number of nitrogens with zero attached hydrogens (tertiary/aromatic N) is 1. The smallest absolute Gasteiger partial charge is 0.254 e. The summed E-state index contributed by atoms with van der Waals surface area (Å²) in [6.45, 7) is 5.37. The Kier molecular flexibility index (Phi) is 4.87. The number of methoxy groups -OCH3 is 1. The van der Waals surface area contributed by atoms with Gasteiger partial charge in [0, 0.05) is 18.2 Å². The molecule has 0 aromatic heterocycles. The summed E-state index contributed by atoms with van der Waals surface area (Å²) in [6.07, 6.45) is 1.06. The van der Waals surface area contributed by atoms with Gasteiger partial charge in [0.2, 0.25) is 0 Å². The van der Waals surface area contributed by atoms with E-state index >= 15 is 0 Å². The first kappa shape index (κ1) is 15.4. The maximum absolute atomic E-state index is 12.6. The molecule has 1 heterocycles. The highest BCUT2D eigenvalue weighted by Crippen LogP contribution is 2.26. The third-order valence-electron chi connectivity index (χ3n) is 3.82. The van der Waals surface area contributed by atoms with Crippen molar-refractivity contribution in [3.8, 4) is 17.6 Å². The molecule has 2 rings (SSSR count). The number of likely N-dealkylation sites (tertiary alicyclic amines) is 1. The van der Waals surface area contributed by atoms with Crippen LogP contribution in [0.15, 0.2) is 18.2 Å². The van der Waals surface area contributed by atoms with Crippen LogP contribution in [-0.4, -0.2) is 37.0 Å². The third-order valence-corrected chi connectivity index (χ3v) is 3.82. The molecule has 1 aliphatic rings. The summed E-state index contributed by atoms with van der Waals surface area (Å²) in [6, 6.07) is 5.66. The van der Waals surface area contributed by atoms with Crippen LogP contribution in [0.25, 0.3) is 0 Å². The van der Waals surface area contributed by atoms with E-state index in [0.29, 0.717) is 22.8 Å². The molecule has 0 saturated carbocycles. The average molecular weight is 286 g/mol. The number of amides is 1. The Balaban J connectivity index is 2.29. The molecule has 0 aliphatic carbocycles. The van der Waals surface area contributed by atoms with E-state index in [4.69, 9.17) is 10.5 Å². The van der Waals surface area contributed by atoms with Crippen LogP contribution in [0.5, 0.6) is 5.75 Å². The van der Waals surface area contributed by atoms with Gasteiger partial charge in [-0.3, -0.25) is 4.79 Å². The maximum atomic E-state index is 12.6. The van der Waals surface area contributed by atoms with Crippen molar-refractivity contribution in [1.82, 2.24) is 4.90 Å². The number of ether oxygens (including phenoxy) is 1. The highest BCUT2D eigenvalue weighted by molar-refractivity contribution is 5.95. The second-order valence-corrected chi connectivity index (χ2v) is 5.57. The van der Waals surface area contributed by atoms with Gasteiger partial charge in [0.25, 0.3) is 5.91 Å². The Morgan fingerprint density at radius 3 is 2.81 bits per heavy atom. The van der Waals surface area contributed by atoms with Gasteiger partial charge in [0.1, 0.15) is 5.75 Å². The molecule has 0 spiro atoms. The van der Waals surface area contributed by atoms with Crippen molar-refractivity contribution in [3.05, 3.63) is 29.3 Å². The summed E-state index contributed by atoms with van der Waals surface area (Å²) in [5, 5.41) is 0. The Morgan fingerprint density at radius 2 is 2.24 bits per heavy atom. The molecule has 2 N–H and O–H groups in total. The van der Waals surface area contributed by atoms with Gasteiger partial charge in [-0.2, -0.15) is 0 Å². The van der Waals surface area contributed by atoms with Crippen molar-refractivity contribution in [2.45, 2.75) is 26.3 Å². The summed E-state index contributed by atoms with van der Waals surface area (Å²) in [5.41, 5.74) is 6.76. The quantitative estimate of drug-likeness (QED) is 0.845. The number of carbonyl (C=O) groups is 1. The van der Waals surface area contributed by atoms with E-state index in [2.05, 4.69) is 25.7 Å². The Hall–Kier alpha value is -1.99. The predicted octanol–water partition coefficient (Wildman–Crippen LogP) is 1.88. The van der Waals surface area contributed by atoms with Gasteiger partial charge in [-0.1, -0.05) is 18.8 Å². The number of hydrogen-bond acceptors (Lipinski definition) is 3. The molecule has 0 radical (unpaired) electrons. The first-order valence-electron chi connectivity index (χ1n) is 7.24. The fourth-order valence-electron chi connectivity index (χ4n) is 2.83. The second kappa shape index (κ2) is 6.64. The van der Waals surface area contributed by atoms with Crippen LogP contribution in [0.1, 0.15) is 36.2 Å². The highest BCUT2D eigenvalue weighted by Gasteiger charge is 2.30. The minimum atomic E-state index is 0.0605. The van der Waals surface area contributed by atoms with Crippen LogP contribution in [0.2, 0.25) is 0 Å². The van der Waals surface area contributed by atoms with Crippen molar-refractivity contribution in [1.29, 1.82) is 0 Å². The molecule has 1 amide bonds. The van der Waals surface area contributed by atoms with Gasteiger partial charge in [-0.25, -0.2) is 0 Å². The van der Waals surface area contributed by atoms with Crippen molar-refractivity contribution in [2.75, 3.05) is 20.2 Å². The fraction of sp³-hybridized carbons (Fsp3) is 0.471. The van der Waals surface area contributed by atoms with E-state index in [1.165, 1.54) is 0 Å². The molecule has 112 valence electrons. The number of hydrogen-bond donors (Lipinski definition) is 1. The molecule has 1 aromatic carbocycles. The predicted molar refractivity (Wildman–Crippen MR) is 83.2 cm³/mol. The first-order chi connectivity index (χ1) is 10.1. The van der Waals surface area contributed by atoms with Crippen LogP contribution in [0.3, 0.4) is 0 Å². The van der Waals surface area contributed by atoms with Crippen molar-refractivity contribution in [2.24, 2.45) is 11.7 Å². The van der Waals surface area contributed by atoms with Crippen LogP contribution in [-0.2, 0) is 0 Å². The summed E-state index contributed by atoms with van der Waals surface area (Å²) < 4.78 is 5.27. The summed E-state index contributed by atoms with van der Waals surface area (Å²) >= 11 is 0. The Bertz CT molecular complexity index is 586. The number of carbonyl (C=O) groups excluding carboxylic acids is 1. The molecule has 2 unspecified atom stereocenters. The van der Waals surface area contributed by atoms with Gasteiger partial charge in [-0.15, -0.1) is 0 Å². The molecular weight excluding hydrogens is 264 g/mol. The van der Waals surface area contributed by atoms with E-state index in [1.807, 2.05) is 4.90 Å². The lowest BCUT2D eigenvalue weighted by molar-refractivity contribution is 0.0743. The van der Waals surface area contributed by atoms with Crippen LogP contribution in [0, 0.1) is 17.8 Å². The van der Waals surface area contributed by atoms with Gasteiger partial charge >= 0.3 is 0 Å². The molecule has 1 aromatic rings. The molecule has 21 heavy (non-hydrogen) atoms. The van der Waals surface area contributed by atoms with Crippen molar-refractivity contribution in [3.63, 3.8) is 0 Å². The van der Waals surface area contributed by atoms with E-state index in [1.54, 1.807) is 25.3 Å². The summed E-state index contributed by atoms with van der Waals surface area (Å²) in [5.74, 6) is 7.04. The number of benzene rings is 1. The van der Waals surface area contributed by atoms with E-state index in [-0.39, 0.29) is 18.5 Å². The van der Waals surface area contributed by atoms with Crippen molar-refractivity contribution >= 4 is 5.91 Å². The number of rotatable bonds is 2. The highest BCUT2D eigenvalue weighted by atomic mass is 16.5. The zero-order valence-electron chi connectivity index (χ0n) is 12.8. The molecule has 2 atom stereocenters. The van der Waals surface area contributed by atoms with Gasteiger partial charge in [-0.05, 0) is 37.5 Å². The Morgan fingerprint density at radius 1 is 1.48 bits per heavy atom. The average Bonchev–Trinajstić information content (AvgIpc) is 2.82. The lowest BCUT2D eigenvalue weighted by Gasteiger charge is -2.21. The zero-order valence-corrected chi connectivity index (χ0v) is 12.8. The normalized spacial score (nSPS) is 20.9. The van der Waals surface area contributed by atoms with Gasteiger partial charge in [0.05, 0.1) is 19.2 Å². The number of nitrogens with two attached hydrogens (primary N) is 1. The molecule has 0 bridgehead atoms. The van der Waals surface area contributed by atoms with Crippen molar-refractivity contribution < 1.29 is 9.53 Å².